The Morgan fingerprint density at radius 2 is 1.68 bits per heavy atom. The fraction of sp³-hybridized carbons (Fsp3) is 0.769. The number of nitrogen functional groups attached to an aromatic ring is 1. The minimum Gasteiger partial charge on any atom is -0.466 e. The molecule has 0 aliphatic carbocycles. The van der Waals surface area contributed by atoms with Gasteiger partial charge in [-0.15, -0.1) is 0 Å². The highest BCUT2D eigenvalue weighted by molar-refractivity contribution is 6.74. The van der Waals surface area contributed by atoms with E-state index in [0.717, 1.165) is 0 Å². The van der Waals surface area contributed by atoms with E-state index in [4.69, 9.17) is 24.1 Å². The molecule has 1 fully saturated rings. The Kier molecular flexibility index (Phi) is 8.84. The van der Waals surface area contributed by atoms with Gasteiger partial charge in [0.05, 0.1) is 38.2 Å². The van der Waals surface area contributed by atoms with E-state index in [1.54, 1.807) is 6.33 Å². The van der Waals surface area contributed by atoms with Crippen molar-refractivity contribution in [3.8, 4) is 0 Å². The molecule has 0 aromatic carbocycles. The molecule has 12 heteroatoms. The van der Waals surface area contributed by atoms with Gasteiger partial charge in [-0.25, -0.2) is 15.0 Å². The summed E-state index contributed by atoms with van der Waals surface area (Å²) in [7, 11) is -4.37. The van der Waals surface area contributed by atoms with Crippen LogP contribution in [0.4, 0.5) is 5.82 Å². The highest BCUT2D eigenvalue weighted by Gasteiger charge is 2.52. The molecule has 38 heavy (non-hydrogen) atoms. The summed E-state index contributed by atoms with van der Waals surface area (Å²) in [6, 6.07) is 0. The zero-order chi connectivity index (χ0) is 28.7. The Morgan fingerprint density at radius 3 is 2.26 bits per heavy atom. The van der Waals surface area contributed by atoms with E-state index in [2.05, 4.69) is 82.7 Å². The molecule has 0 amide bonds. The van der Waals surface area contributed by atoms with E-state index >= 15 is 0 Å². The number of fused-ring (bicyclic) bond motifs is 1. The molecule has 3 rings (SSSR count). The molecule has 3 heterocycles. The Balaban J connectivity index is 2.08. The molecule has 1 aliphatic heterocycles. The van der Waals surface area contributed by atoms with Crippen LogP contribution in [0, 0.1) is 5.92 Å². The number of ether oxygens (including phenoxy) is 2. The number of nitrogens with two attached hydrogens (primary N) is 1. The Labute approximate surface area is 229 Å². The number of carbonyl (C=O) groups excluding carboxylic acids is 1. The van der Waals surface area contributed by atoms with Crippen LogP contribution < -0.4 is 5.73 Å². The lowest BCUT2D eigenvalue weighted by molar-refractivity contribution is -0.145. The quantitative estimate of drug-likeness (QED) is 0.319. The second-order valence-electron chi connectivity index (χ2n) is 13.2. The molecule has 2 aromatic rings. The molecule has 214 valence electrons. The highest BCUT2D eigenvalue weighted by atomic mass is 28.4. The van der Waals surface area contributed by atoms with Crippen LogP contribution >= 0.6 is 0 Å². The van der Waals surface area contributed by atoms with Crippen LogP contribution in [-0.4, -0.2) is 67.5 Å². The molecule has 2 aromatic heterocycles. The second kappa shape index (κ2) is 11.0. The fourth-order valence-electron chi connectivity index (χ4n) is 4.05. The maximum absolute atomic E-state index is 12.9. The number of esters is 1. The predicted octanol–water partition coefficient (Wildman–Crippen LogP) is 5.29. The summed E-state index contributed by atoms with van der Waals surface area (Å²) >= 11 is 0. The average molecular weight is 566 g/mol. The predicted molar refractivity (Wildman–Crippen MR) is 154 cm³/mol. The molecule has 1 saturated heterocycles. The lowest BCUT2D eigenvalue weighted by Crippen LogP contribution is -2.48. The largest absolute Gasteiger partial charge is 0.466 e. The molecule has 0 bridgehead atoms. The maximum Gasteiger partial charge on any atom is 0.306 e. The standard InChI is InChI=1S/C26H47N5O5Si2/c1-12-33-19(32)13-17-18(14-34-37(8,9)25(2,3)4)35-24(21(17)36-38(10,11)26(5,6)7)31-16-30-20-22(27)28-15-29-23(20)31/h15-18,21,24H,12-14H2,1-11H3,(H2,27,28,29)/t17-,18-,21-,24-/m1/s1. The van der Waals surface area contributed by atoms with Gasteiger partial charge in [0, 0.05) is 5.92 Å². The lowest BCUT2D eigenvalue weighted by Gasteiger charge is -2.41. The van der Waals surface area contributed by atoms with Gasteiger partial charge in [0.25, 0.3) is 0 Å². The summed E-state index contributed by atoms with van der Waals surface area (Å²) < 4.78 is 27.6. The molecule has 1 aliphatic rings. The maximum atomic E-state index is 12.9. The van der Waals surface area contributed by atoms with Crippen LogP contribution in [-0.2, 0) is 23.1 Å². The van der Waals surface area contributed by atoms with E-state index in [-0.39, 0.29) is 34.5 Å². The molecular formula is C26H47N5O5Si2. The lowest BCUT2D eigenvalue weighted by atomic mass is 9.94. The first kappa shape index (κ1) is 30.7. The molecule has 0 radical (unpaired) electrons. The summed E-state index contributed by atoms with van der Waals surface area (Å²) in [6.07, 6.45) is 1.85. The van der Waals surface area contributed by atoms with Gasteiger partial charge in [0.15, 0.2) is 34.3 Å². The van der Waals surface area contributed by atoms with Crippen LogP contribution in [0.5, 0.6) is 0 Å². The number of carbonyl (C=O) groups is 1. The van der Waals surface area contributed by atoms with Gasteiger partial charge in [0.2, 0.25) is 0 Å². The van der Waals surface area contributed by atoms with Gasteiger partial charge in [-0.1, -0.05) is 41.5 Å². The van der Waals surface area contributed by atoms with Crippen LogP contribution in [0.1, 0.15) is 61.1 Å². The second-order valence-corrected chi connectivity index (χ2v) is 22.8. The molecule has 0 saturated carbocycles. The third-order valence-electron chi connectivity index (χ3n) is 8.52. The summed E-state index contributed by atoms with van der Waals surface area (Å²) in [5.41, 5.74) is 7.15. The van der Waals surface area contributed by atoms with E-state index in [9.17, 15) is 4.79 Å². The van der Waals surface area contributed by atoms with Gasteiger partial charge in [-0.2, -0.15) is 0 Å². The average Bonchev–Trinajstić information content (AvgIpc) is 3.33. The van der Waals surface area contributed by atoms with Crippen molar-refractivity contribution in [2.75, 3.05) is 18.9 Å². The molecule has 2 N–H and O–H groups in total. The minimum absolute atomic E-state index is 0.0354. The van der Waals surface area contributed by atoms with Crippen LogP contribution in [0.3, 0.4) is 0 Å². The molecular weight excluding hydrogens is 518 g/mol. The first-order chi connectivity index (χ1) is 17.4. The summed E-state index contributed by atoms with van der Waals surface area (Å²) in [5, 5.41) is -0.0148. The highest BCUT2D eigenvalue weighted by Crippen LogP contribution is 2.46. The fourth-order valence-corrected chi connectivity index (χ4v) is 6.39. The smallest absolute Gasteiger partial charge is 0.306 e. The van der Waals surface area contributed by atoms with Crippen molar-refractivity contribution in [3.05, 3.63) is 12.7 Å². The monoisotopic (exact) mass is 565 g/mol. The van der Waals surface area contributed by atoms with Crippen molar-refractivity contribution in [2.24, 2.45) is 5.92 Å². The topological polar surface area (TPSA) is 124 Å². The molecule has 10 nitrogen and oxygen atoms in total. The Morgan fingerprint density at radius 1 is 1.05 bits per heavy atom. The SMILES string of the molecule is CCOC(=O)C[C@H]1[C@@H](O[Si](C)(C)C(C)(C)C)[C@H](n2cnc3c(N)ncnc32)O[C@@H]1CO[Si](C)(C)C(C)(C)C. The Bertz CT molecular complexity index is 1130. The first-order valence-corrected chi connectivity index (χ1v) is 19.3. The molecule has 4 atom stereocenters. The van der Waals surface area contributed by atoms with Crippen molar-refractivity contribution in [2.45, 2.75) is 110 Å². The van der Waals surface area contributed by atoms with Crippen molar-refractivity contribution >= 4 is 39.6 Å². The number of imidazole rings is 1. The van der Waals surface area contributed by atoms with E-state index in [1.807, 2.05) is 11.5 Å². The van der Waals surface area contributed by atoms with E-state index in [0.29, 0.717) is 30.2 Å². The normalized spacial score (nSPS) is 23.2. The van der Waals surface area contributed by atoms with Gasteiger partial charge >= 0.3 is 5.97 Å². The van der Waals surface area contributed by atoms with Crippen molar-refractivity contribution in [1.29, 1.82) is 0 Å². The minimum atomic E-state index is -2.29. The van der Waals surface area contributed by atoms with Gasteiger partial charge in [0.1, 0.15) is 11.8 Å². The van der Waals surface area contributed by atoms with Gasteiger partial charge < -0.3 is 24.1 Å². The number of rotatable bonds is 9. The third-order valence-corrected chi connectivity index (χ3v) is 17.5. The first-order valence-electron chi connectivity index (χ1n) is 13.5. The molecule has 0 unspecified atom stereocenters. The summed E-state index contributed by atoms with van der Waals surface area (Å²) in [6.45, 7) is 24.5. The van der Waals surface area contributed by atoms with Crippen molar-refractivity contribution in [3.63, 3.8) is 0 Å². The van der Waals surface area contributed by atoms with Crippen LogP contribution in [0.25, 0.3) is 11.2 Å². The molecule has 0 spiro atoms. The number of hydrogen-bond donors (Lipinski definition) is 1. The van der Waals surface area contributed by atoms with Crippen molar-refractivity contribution in [1.82, 2.24) is 19.5 Å². The van der Waals surface area contributed by atoms with Crippen LogP contribution in [0.2, 0.25) is 36.3 Å². The number of anilines is 1. The Hall–Kier alpha value is -1.87. The van der Waals surface area contributed by atoms with Gasteiger partial charge in [-0.3, -0.25) is 9.36 Å². The van der Waals surface area contributed by atoms with E-state index in [1.165, 1.54) is 6.33 Å². The zero-order valence-corrected chi connectivity index (χ0v) is 27.0. The number of hydrogen-bond acceptors (Lipinski definition) is 9. The summed E-state index contributed by atoms with van der Waals surface area (Å²) in [5.74, 6) is -0.256. The zero-order valence-electron chi connectivity index (χ0n) is 25.0. The van der Waals surface area contributed by atoms with E-state index < -0.39 is 29.0 Å². The number of nitrogens with zero attached hydrogens (tertiary/aromatic N) is 4. The van der Waals surface area contributed by atoms with Crippen molar-refractivity contribution < 1.29 is 23.1 Å². The van der Waals surface area contributed by atoms with Crippen LogP contribution in [0.15, 0.2) is 12.7 Å². The van der Waals surface area contributed by atoms with Gasteiger partial charge in [-0.05, 0) is 43.2 Å². The summed E-state index contributed by atoms with van der Waals surface area (Å²) in [4.78, 5) is 25.9. The third kappa shape index (κ3) is 6.30. The number of aromatic nitrogens is 4.